The predicted molar refractivity (Wildman–Crippen MR) is 143 cm³/mol. The molecule has 0 unspecified atom stereocenters. The van der Waals surface area contributed by atoms with Gasteiger partial charge in [-0.05, 0) is 64.4 Å². The summed E-state index contributed by atoms with van der Waals surface area (Å²) in [5.41, 5.74) is 1.13. The number of benzene rings is 2. The molecule has 0 aromatic heterocycles. The fourth-order valence-corrected chi connectivity index (χ4v) is 4.12. The number of nitrogens with zero attached hydrogens (tertiary/aromatic N) is 3. The molecule has 3 rings (SSSR count). The third-order valence-electron chi connectivity index (χ3n) is 5.81. The molecule has 0 radical (unpaired) electrons. The first-order chi connectivity index (χ1) is 16.8. The molecular formula is C27H35Cl2N3O4. The molecular weight excluding hydrogens is 501 g/mol. The van der Waals surface area contributed by atoms with Gasteiger partial charge in [-0.2, -0.15) is 0 Å². The first-order valence-corrected chi connectivity index (χ1v) is 12.8. The summed E-state index contributed by atoms with van der Waals surface area (Å²) in [6.07, 6.45) is -0.437. The third-order valence-corrected chi connectivity index (χ3v) is 6.55. The van der Waals surface area contributed by atoms with Gasteiger partial charge in [-0.3, -0.25) is 9.69 Å². The van der Waals surface area contributed by atoms with Crippen LogP contribution in [-0.4, -0.2) is 65.0 Å². The lowest BCUT2D eigenvalue weighted by Crippen LogP contribution is -2.51. The van der Waals surface area contributed by atoms with E-state index in [0.29, 0.717) is 47.2 Å². The van der Waals surface area contributed by atoms with E-state index in [1.54, 1.807) is 25.2 Å². The molecule has 9 heteroatoms. The van der Waals surface area contributed by atoms with Crippen molar-refractivity contribution in [2.24, 2.45) is 0 Å². The van der Waals surface area contributed by atoms with Gasteiger partial charge in [-0.15, -0.1) is 0 Å². The Kier molecular flexibility index (Phi) is 9.14. The third kappa shape index (κ3) is 7.76. The van der Waals surface area contributed by atoms with Crippen LogP contribution in [0, 0.1) is 0 Å². The summed E-state index contributed by atoms with van der Waals surface area (Å²) in [4.78, 5) is 30.9. The first-order valence-electron chi connectivity index (χ1n) is 12.0. The molecule has 1 saturated heterocycles. The molecule has 2 aromatic rings. The summed E-state index contributed by atoms with van der Waals surface area (Å²) in [7, 11) is 1.68. The summed E-state index contributed by atoms with van der Waals surface area (Å²) in [5, 5.41) is 0.823. The van der Waals surface area contributed by atoms with E-state index in [-0.39, 0.29) is 12.5 Å². The zero-order valence-corrected chi connectivity index (χ0v) is 23.3. The van der Waals surface area contributed by atoms with Crippen LogP contribution in [0.5, 0.6) is 11.5 Å². The van der Waals surface area contributed by atoms with E-state index in [1.165, 1.54) is 4.90 Å². The van der Waals surface area contributed by atoms with Crippen LogP contribution >= 0.6 is 23.2 Å². The van der Waals surface area contributed by atoms with E-state index in [1.807, 2.05) is 43.9 Å². The Labute approximate surface area is 223 Å². The van der Waals surface area contributed by atoms with Crippen LogP contribution in [0.15, 0.2) is 36.4 Å². The highest BCUT2D eigenvalue weighted by Gasteiger charge is 2.26. The number of halogens is 2. The molecule has 0 saturated carbocycles. The van der Waals surface area contributed by atoms with Crippen molar-refractivity contribution in [3.8, 4) is 11.5 Å². The van der Waals surface area contributed by atoms with E-state index >= 15 is 0 Å². The minimum Gasteiger partial charge on any atom is -0.457 e. The van der Waals surface area contributed by atoms with Crippen molar-refractivity contribution in [3.63, 3.8) is 0 Å². The normalized spacial score (nSPS) is 14.8. The molecule has 0 spiro atoms. The smallest absolute Gasteiger partial charge is 0.410 e. The molecule has 0 aliphatic carbocycles. The zero-order valence-electron chi connectivity index (χ0n) is 21.8. The van der Waals surface area contributed by atoms with Crippen LogP contribution in [0.1, 0.15) is 45.7 Å². The van der Waals surface area contributed by atoms with Crippen LogP contribution < -0.4 is 4.74 Å². The summed E-state index contributed by atoms with van der Waals surface area (Å²) >= 11 is 12.2. The maximum atomic E-state index is 12.7. The number of hydrogen-bond acceptors (Lipinski definition) is 5. The quantitative estimate of drug-likeness (QED) is 0.422. The molecule has 0 bridgehead atoms. The summed E-state index contributed by atoms with van der Waals surface area (Å²) < 4.78 is 11.6. The number of amides is 2. The van der Waals surface area contributed by atoms with Crippen LogP contribution in [0.25, 0.3) is 0 Å². The molecule has 36 heavy (non-hydrogen) atoms. The number of rotatable bonds is 7. The predicted octanol–water partition coefficient (Wildman–Crippen LogP) is 6.21. The van der Waals surface area contributed by atoms with Crippen LogP contribution in [-0.2, 0) is 22.6 Å². The fraction of sp³-hybridized carbons (Fsp3) is 0.481. The largest absolute Gasteiger partial charge is 0.457 e. The van der Waals surface area contributed by atoms with E-state index in [0.717, 1.165) is 17.7 Å². The van der Waals surface area contributed by atoms with Crippen LogP contribution in [0.4, 0.5) is 4.79 Å². The Balaban J connectivity index is 1.83. The highest BCUT2D eigenvalue weighted by Crippen LogP contribution is 2.32. The molecule has 1 aliphatic rings. The molecule has 1 aliphatic heterocycles. The lowest BCUT2D eigenvalue weighted by molar-refractivity contribution is -0.137. The van der Waals surface area contributed by atoms with Crippen molar-refractivity contribution in [2.75, 3.05) is 26.7 Å². The Morgan fingerprint density at radius 1 is 1.08 bits per heavy atom. The van der Waals surface area contributed by atoms with Gasteiger partial charge in [0.15, 0.2) is 0 Å². The first kappa shape index (κ1) is 28.1. The van der Waals surface area contributed by atoms with E-state index < -0.39 is 11.7 Å². The Hall–Kier alpha value is -2.48. The number of carbonyl (C=O) groups excluding carboxylic acids is 2. The van der Waals surface area contributed by atoms with Gasteiger partial charge in [0.25, 0.3) is 0 Å². The van der Waals surface area contributed by atoms with E-state index in [4.69, 9.17) is 32.7 Å². The molecule has 1 heterocycles. The van der Waals surface area contributed by atoms with Crippen molar-refractivity contribution in [1.29, 1.82) is 0 Å². The van der Waals surface area contributed by atoms with E-state index in [9.17, 15) is 9.59 Å². The maximum absolute atomic E-state index is 12.7. The Morgan fingerprint density at radius 2 is 1.81 bits per heavy atom. The van der Waals surface area contributed by atoms with Crippen LogP contribution in [0.2, 0.25) is 10.0 Å². The average Bonchev–Trinajstić information content (AvgIpc) is 2.78. The molecule has 0 atom stereocenters. The topological polar surface area (TPSA) is 62.3 Å². The number of hydrogen-bond donors (Lipinski definition) is 0. The number of carbonyl (C=O) groups is 2. The molecule has 7 nitrogen and oxygen atoms in total. The SMILES string of the molecule is CC(C)N1CCN(Cc2ccc(Oc3ccc(Cl)c(Cl)c3)c(CN(C)C(=O)OC(C)(C)C)c2)C(=O)C1. The average molecular weight is 537 g/mol. The Morgan fingerprint density at radius 3 is 2.42 bits per heavy atom. The second kappa shape index (κ2) is 11.7. The van der Waals surface area contributed by atoms with Gasteiger partial charge in [-0.1, -0.05) is 29.3 Å². The van der Waals surface area contributed by atoms with Gasteiger partial charge in [0.2, 0.25) is 5.91 Å². The van der Waals surface area contributed by atoms with Crippen molar-refractivity contribution in [1.82, 2.24) is 14.7 Å². The zero-order chi connectivity index (χ0) is 26.6. The number of piperazine rings is 1. The van der Waals surface area contributed by atoms with Crippen molar-refractivity contribution in [2.45, 2.75) is 59.4 Å². The van der Waals surface area contributed by atoms with Gasteiger partial charge < -0.3 is 19.3 Å². The molecule has 2 amide bonds. The van der Waals surface area contributed by atoms with Gasteiger partial charge >= 0.3 is 6.09 Å². The minimum atomic E-state index is -0.606. The van der Waals surface area contributed by atoms with Crippen LogP contribution in [0.3, 0.4) is 0 Å². The highest BCUT2D eigenvalue weighted by molar-refractivity contribution is 6.42. The Bertz CT molecular complexity index is 1100. The second-order valence-electron chi connectivity index (χ2n) is 10.3. The lowest BCUT2D eigenvalue weighted by Gasteiger charge is -2.36. The summed E-state index contributed by atoms with van der Waals surface area (Å²) in [6, 6.07) is 11.1. The van der Waals surface area contributed by atoms with Crippen molar-refractivity contribution < 1.29 is 19.1 Å². The highest BCUT2D eigenvalue weighted by atomic mass is 35.5. The van der Waals surface area contributed by atoms with Gasteiger partial charge in [0.05, 0.1) is 23.1 Å². The van der Waals surface area contributed by atoms with Crippen molar-refractivity contribution >= 4 is 35.2 Å². The monoisotopic (exact) mass is 535 g/mol. The summed E-state index contributed by atoms with van der Waals surface area (Å²) in [5.74, 6) is 1.21. The lowest BCUT2D eigenvalue weighted by atomic mass is 10.1. The molecule has 2 aromatic carbocycles. The minimum absolute atomic E-state index is 0.110. The molecule has 196 valence electrons. The summed E-state index contributed by atoms with van der Waals surface area (Å²) in [6.45, 7) is 12.4. The van der Waals surface area contributed by atoms with Gasteiger partial charge in [-0.25, -0.2) is 4.79 Å². The number of ether oxygens (including phenoxy) is 2. The van der Waals surface area contributed by atoms with Gasteiger partial charge in [0, 0.05) is 44.4 Å². The van der Waals surface area contributed by atoms with E-state index in [2.05, 4.69) is 18.7 Å². The maximum Gasteiger partial charge on any atom is 0.410 e. The van der Waals surface area contributed by atoms with Crippen molar-refractivity contribution in [3.05, 3.63) is 57.6 Å². The fourth-order valence-electron chi connectivity index (χ4n) is 3.84. The molecule has 1 fully saturated rings. The standard InChI is InChI=1S/C27H35Cl2N3O4/c1-18(2)31-11-12-32(25(33)17-31)15-19-7-10-24(35-21-8-9-22(28)23(29)14-21)20(13-19)16-30(6)26(34)36-27(3,4)5/h7-10,13-14,18H,11-12,15-17H2,1-6H3. The molecule has 0 N–H and O–H groups in total. The van der Waals surface area contributed by atoms with Gasteiger partial charge in [0.1, 0.15) is 17.1 Å². The second-order valence-corrected chi connectivity index (χ2v) is 11.2.